The van der Waals surface area contributed by atoms with Gasteiger partial charge in [-0.2, -0.15) is 5.26 Å². The highest BCUT2D eigenvalue weighted by atomic mass is 28.3. The lowest BCUT2D eigenvalue weighted by Gasteiger charge is -2.21. The molecule has 0 amide bonds. The molecule has 92 valence electrons. The SMILES string of the molecule is C/C(=C\[Si](C)(C)C)CN(CCO)CCC#N. The maximum absolute atomic E-state index is 8.95. The fourth-order valence-electron chi connectivity index (χ4n) is 1.76. The molecule has 0 aromatic carbocycles. The summed E-state index contributed by atoms with van der Waals surface area (Å²) in [5.74, 6) is 0. The zero-order valence-electron chi connectivity index (χ0n) is 11.0. The number of nitrogens with zero attached hydrogens (tertiary/aromatic N) is 2. The van der Waals surface area contributed by atoms with E-state index in [0.717, 1.165) is 13.1 Å². The van der Waals surface area contributed by atoms with Crippen molar-refractivity contribution in [3.8, 4) is 6.07 Å². The fourth-order valence-corrected chi connectivity index (χ4v) is 3.33. The van der Waals surface area contributed by atoms with Crippen LogP contribution in [0.25, 0.3) is 0 Å². The van der Waals surface area contributed by atoms with Gasteiger partial charge in [-0.1, -0.05) is 30.9 Å². The van der Waals surface area contributed by atoms with Gasteiger partial charge in [-0.25, -0.2) is 0 Å². The highest BCUT2D eigenvalue weighted by Gasteiger charge is 2.11. The predicted molar refractivity (Wildman–Crippen MR) is 70.9 cm³/mol. The largest absolute Gasteiger partial charge is 0.395 e. The highest BCUT2D eigenvalue weighted by molar-refractivity contribution is 6.81. The average Bonchev–Trinajstić information content (AvgIpc) is 2.11. The Balaban J connectivity index is 4.28. The van der Waals surface area contributed by atoms with E-state index in [9.17, 15) is 0 Å². The number of hydrogen-bond donors (Lipinski definition) is 1. The van der Waals surface area contributed by atoms with E-state index >= 15 is 0 Å². The van der Waals surface area contributed by atoms with Crippen LogP contribution in [0.1, 0.15) is 13.3 Å². The second-order valence-corrected chi connectivity index (χ2v) is 10.3. The van der Waals surface area contributed by atoms with E-state index in [-0.39, 0.29) is 6.61 Å². The molecule has 4 heteroatoms. The van der Waals surface area contributed by atoms with Gasteiger partial charge in [0.05, 0.1) is 20.7 Å². The second kappa shape index (κ2) is 7.61. The Hall–Kier alpha value is -0.633. The van der Waals surface area contributed by atoms with Gasteiger partial charge >= 0.3 is 0 Å². The second-order valence-electron chi connectivity index (χ2n) is 5.26. The lowest BCUT2D eigenvalue weighted by Crippen LogP contribution is -2.30. The van der Waals surface area contributed by atoms with Crippen LogP contribution in [0.2, 0.25) is 19.6 Å². The summed E-state index contributed by atoms with van der Waals surface area (Å²) in [5.41, 5.74) is 3.73. The first kappa shape index (κ1) is 15.4. The summed E-state index contributed by atoms with van der Waals surface area (Å²) in [6.07, 6.45) is 0.528. The van der Waals surface area contributed by atoms with E-state index in [2.05, 4.69) is 43.2 Å². The molecule has 0 atom stereocenters. The third-order valence-corrected chi connectivity index (χ3v) is 3.47. The van der Waals surface area contributed by atoms with E-state index in [1.54, 1.807) is 0 Å². The van der Waals surface area contributed by atoms with E-state index in [4.69, 9.17) is 10.4 Å². The van der Waals surface area contributed by atoms with Crippen molar-refractivity contribution in [1.29, 1.82) is 5.26 Å². The molecule has 0 fully saturated rings. The van der Waals surface area contributed by atoms with Crippen LogP contribution >= 0.6 is 0 Å². The minimum atomic E-state index is -1.16. The summed E-state index contributed by atoms with van der Waals surface area (Å²) in [7, 11) is -1.16. The number of nitriles is 1. The number of aliphatic hydroxyl groups excluding tert-OH is 1. The molecule has 0 unspecified atom stereocenters. The van der Waals surface area contributed by atoms with E-state index < -0.39 is 8.07 Å². The summed E-state index contributed by atoms with van der Waals surface area (Å²) in [6.45, 7) is 11.5. The first-order valence-corrected chi connectivity index (χ1v) is 9.35. The minimum absolute atomic E-state index is 0.158. The molecule has 0 bridgehead atoms. The van der Waals surface area contributed by atoms with Gasteiger partial charge in [0.25, 0.3) is 0 Å². The van der Waals surface area contributed by atoms with E-state index in [0.29, 0.717) is 13.0 Å². The van der Waals surface area contributed by atoms with Crippen molar-refractivity contribution in [2.75, 3.05) is 26.2 Å². The van der Waals surface area contributed by atoms with Gasteiger partial charge in [-0.15, -0.1) is 0 Å². The van der Waals surface area contributed by atoms with Crippen LogP contribution in [0, 0.1) is 11.3 Å². The molecule has 0 heterocycles. The van der Waals surface area contributed by atoms with Crippen molar-refractivity contribution in [3.05, 3.63) is 11.3 Å². The zero-order valence-corrected chi connectivity index (χ0v) is 12.0. The third-order valence-electron chi connectivity index (χ3n) is 2.11. The molecule has 0 spiro atoms. The lowest BCUT2D eigenvalue weighted by molar-refractivity contribution is 0.208. The summed E-state index contributed by atoms with van der Waals surface area (Å²) in [4.78, 5) is 2.13. The molecule has 16 heavy (non-hydrogen) atoms. The number of aliphatic hydroxyl groups is 1. The van der Waals surface area contributed by atoms with Gasteiger partial charge in [0.15, 0.2) is 0 Å². The average molecular weight is 240 g/mol. The van der Waals surface area contributed by atoms with Crippen LogP contribution in [0.5, 0.6) is 0 Å². The Labute approximate surface area is 100 Å². The molecule has 1 N–H and O–H groups in total. The third kappa shape index (κ3) is 8.66. The Kier molecular flexibility index (Phi) is 7.31. The van der Waals surface area contributed by atoms with Crippen molar-refractivity contribution < 1.29 is 5.11 Å². The first-order valence-electron chi connectivity index (χ1n) is 5.77. The maximum atomic E-state index is 8.95. The van der Waals surface area contributed by atoms with Crippen molar-refractivity contribution >= 4 is 8.07 Å². The van der Waals surface area contributed by atoms with Gasteiger partial charge in [0.1, 0.15) is 0 Å². The lowest BCUT2D eigenvalue weighted by atomic mass is 10.3. The van der Waals surface area contributed by atoms with Gasteiger partial charge in [-0.3, -0.25) is 4.90 Å². The molecule has 0 saturated carbocycles. The van der Waals surface area contributed by atoms with Crippen LogP contribution in [-0.4, -0.2) is 44.3 Å². The van der Waals surface area contributed by atoms with E-state index in [1.165, 1.54) is 5.57 Å². The highest BCUT2D eigenvalue weighted by Crippen LogP contribution is 2.08. The fraction of sp³-hybridized carbons (Fsp3) is 0.750. The smallest absolute Gasteiger partial charge is 0.0686 e. The Morgan fingerprint density at radius 3 is 2.44 bits per heavy atom. The normalized spacial score (nSPS) is 12.9. The molecular formula is C12H24N2OSi. The molecule has 0 aromatic rings. The maximum Gasteiger partial charge on any atom is 0.0686 e. The predicted octanol–water partition coefficient (Wildman–Crippen LogP) is 2.02. The molecule has 0 aliphatic heterocycles. The summed E-state index contributed by atoms with van der Waals surface area (Å²) < 4.78 is 0. The Morgan fingerprint density at radius 1 is 1.38 bits per heavy atom. The quantitative estimate of drug-likeness (QED) is 0.693. The van der Waals surface area contributed by atoms with Crippen LogP contribution in [0.15, 0.2) is 11.3 Å². The first-order chi connectivity index (χ1) is 7.39. The standard InChI is InChI=1S/C12H24N2OSi/c1-12(11-16(2,3)4)10-14(8-9-15)7-5-6-13/h11,15H,5,7-10H2,1-4H3/b12-11+. The molecule has 0 rings (SSSR count). The summed E-state index contributed by atoms with van der Waals surface area (Å²) in [6, 6.07) is 2.14. The topological polar surface area (TPSA) is 47.3 Å². The molecule has 0 aliphatic carbocycles. The molecule has 0 radical (unpaired) electrons. The molecule has 3 nitrogen and oxygen atoms in total. The van der Waals surface area contributed by atoms with Gasteiger partial charge < -0.3 is 5.11 Å². The minimum Gasteiger partial charge on any atom is -0.395 e. The molecular weight excluding hydrogens is 216 g/mol. The molecule has 0 aliphatic rings. The van der Waals surface area contributed by atoms with Crippen molar-refractivity contribution in [2.45, 2.75) is 33.0 Å². The summed E-state index contributed by atoms with van der Waals surface area (Å²) >= 11 is 0. The monoisotopic (exact) mass is 240 g/mol. The van der Waals surface area contributed by atoms with Crippen molar-refractivity contribution in [1.82, 2.24) is 4.90 Å². The zero-order chi connectivity index (χ0) is 12.6. The number of rotatable bonds is 7. The molecule has 0 aromatic heterocycles. The van der Waals surface area contributed by atoms with Crippen LogP contribution in [0.4, 0.5) is 0 Å². The van der Waals surface area contributed by atoms with Gasteiger partial charge in [0, 0.05) is 26.1 Å². The Morgan fingerprint density at radius 2 is 2.00 bits per heavy atom. The summed E-state index contributed by atoms with van der Waals surface area (Å²) in [5, 5.41) is 17.5. The van der Waals surface area contributed by atoms with Crippen molar-refractivity contribution in [3.63, 3.8) is 0 Å². The van der Waals surface area contributed by atoms with Gasteiger partial charge in [-0.05, 0) is 6.92 Å². The van der Waals surface area contributed by atoms with Crippen LogP contribution in [-0.2, 0) is 0 Å². The van der Waals surface area contributed by atoms with Crippen LogP contribution < -0.4 is 0 Å². The number of hydrogen-bond acceptors (Lipinski definition) is 3. The van der Waals surface area contributed by atoms with E-state index in [1.807, 2.05) is 0 Å². The van der Waals surface area contributed by atoms with Gasteiger partial charge in [0.2, 0.25) is 0 Å². The molecule has 0 saturated heterocycles. The Bertz CT molecular complexity index is 263. The van der Waals surface area contributed by atoms with Crippen molar-refractivity contribution in [2.24, 2.45) is 0 Å². The van der Waals surface area contributed by atoms with Crippen LogP contribution in [0.3, 0.4) is 0 Å².